The fourth-order valence-corrected chi connectivity index (χ4v) is 4.13. The van der Waals surface area contributed by atoms with Crippen LogP contribution in [-0.4, -0.2) is 0 Å². The molecule has 32 heavy (non-hydrogen) atoms. The molecule has 5 aromatic carbocycles. The van der Waals surface area contributed by atoms with Crippen LogP contribution in [0.3, 0.4) is 0 Å². The second kappa shape index (κ2) is 7.41. The standard InChI is InChI=1S/C26H12F6/c27-17-7-5-13(11-21(17)31)23-15-3-1-2-4-16(15)24(14-6-8-18(28)22(32)12-14)26-20(30)10-9-19(29)25(23)26/h1-12H. The van der Waals surface area contributed by atoms with Gasteiger partial charge in [0.2, 0.25) is 0 Å². The molecule has 0 aromatic heterocycles. The van der Waals surface area contributed by atoms with Gasteiger partial charge in [-0.15, -0.1) is 0 Å². The third-order valence-corrected chi connectivity index (χ3v) is 5.49. The zero-order valence-electron chi connectivity index (χ0n) is 16.2. The van der Waals surface area contributed by atoms with Crippen molar-refractivity contribution in [3.05, 3.63) is 108 Å². The van der Waals surface area contributed by atoms with Crippen LogP contribution in [0.15, 0.2) is 72.8 Å². The SMILES string of the molecule is Fc1ccc(-c2c3ccccc3c(-c3ccc(F)c(F)c3)c3c(F)ccc(F)c23)cc1F. The molecule has 0 fully saturated rings. The summed E-state index contributed by atoms with van der Waals surface area (Å²) in [6.45, 7) is 0. The number of hydrogen-bond acceptors (Lipinski definition) is 0. The Morgan fingerprint density at radius 1 is 0.375 bits per heavy atom. The van der Waals surface area contributed by atoms with E-state index >= 15 is 8.78 Å². The predicted molar refractivity (Wildman–Crippen MR) is 112 cm³/mol. The Balaban J connectivity index is 2.04. The van der Waals surface area contributed by atoms with Gasteiger partial charge in [0.25, 0.3) is 0 Å². The Kier molecular flexibility index (Phi) is 4.66. The highest BCUT2D eigenvalue weighted by molar-refractivity contribution is 6.21. The van der Waals surface area contributed by atoms with Gasteiger partial charge in [0.05, 0.1) is 0 Å². The molecule has 5 rings (SSSR count). The maximum atomic E-state index is 15.2. The molecule has 0 atom stereocenters. The van der Waals surface area contributed by atoms with Gasteiger partial charge in [0.1, 0.15) is 11.6 Å². The molecule has 0 unspecified atom stereocenters. The van der Waals surface area contributed by atoms with Crippen LogP contribution >= 0.6 is 0 Å². The summed E-state index contributed by atoms with van der Waals surface area (Å²) in [5, 5.41) is 0.481. The Labute approximate surface area is 178 Å². The van der Waals surface area contributed by atoms with Crippen molar-refractivity contribution in [3.63, 3.8) is 0 Å². The van der Waals surface area contributed by atoms with E-state index in [1.807, 2.05) is 0 Å². The van der Waals surface area contributed by atoms with Crippen LogP contribution in [0.5, 0.6) is 0 Å². The molecule has 0 aliphatic rings. The van der Waals surface area contributed by atoms with Gasteiger partial charge < -0.3 is 0 Å². The van der Waals surface area contributed by atoms with Gasteiger partial charge in [-0.2, -0.15) is 0 Å². The van der Waals surface area contributed by atoms with Crippen molar-refractivity contribution in [2.24, 2.45) is 0 Å². The highest BCUT2D eigenvalue weighted by Gasteiger charge is 2.23. The Bertz CT molecular complexity index is 1420. The first-order valence-electron chi connectivity index (χ1n) is 9.60. The minimum absolute atomic E-state index is 0.145. The van der Waals surface area contributed by atoms with E-state index in [4.69, 9.17) is 0 Å². The number of rotatable bonds is 2. The summed E-state index contributed by atoms with van der Waals surface area (Å²) >= 11 is 0. The smallest absolute Gasteiger partial charge is 0.159 e. The van der Waals surface area contributed by atoms with Gasteiger partial charge in [0, 0.05) is 21.9 Å². The van der Waals surface area contributed by atoms with Crippen molar-refractivity contribution in [1.29, 1.82) is 0 Å². The molecule has 0 N–H and O–H groups in total. The van der Waals surface area contributed by atoms with Gasteiger partial charge in [-0.25, -0.2) is 26.3 Å². The quantitative estimate of drug-likeness (QED) is 0.193. The van der Waals surface area contributed by atoms with E-state index in [1.165, 1.54) is 12.1 Å². The maximum absolute atomic E-state index is 15.2. The highest BCUT2D eigenvalue weighted by atomic mass is 19.2. The largest absolute Gasteiger partial charge is 0.206 e. The van der Waals surface area contributed by atoms with Crippen molar-refractivity contribution in [1.82, 2.24) is 0 Å². The third kappa shape index (κ3) is 3.02. The molecule has 0 saturated heterocycles. The van der Waals surface area contributed by atoms with E-state index in [2.05, 4.69) is 0 Å². The number of hydrogen-bond donors (Lipinski definition) is 0. The van der Waals surface area contributed by atoms with E-state index in [0.717, 1.165) is 36.4 Å². The lowest BCUT2D eigenvalue weighted by atomic mass is 9.85. The highest BCUT2D eigenvalue weighted by Crippen LogP contribution is 2.45. The molecule has 0 heterocycles. The lowest BCUT2D eigenvalue weighted by molar-refractivity contribution is 0.509. The van der Waals surface area contributed by atoms with Gasteiger partial charge in [0.15, 0.2) is 23.3 Å². The van der Waals surface area contributed by atoms with Crippen LogP contribution in [0.2, 0.25) is 0 Å². The second-order valence-electron chi connectivity index (χ2n) is 7.33. The summed E-state index contributed by atoms with van der Waals surface area (Å²) in [6, 6.07) is 14.6. The molecule has 0 saturated carbocycles. The van der Waals surface area contributed by atoms with Crippen molar-refractivity contribution >= 4 is 21.5 Å². The Morgan fingerprint density at radius 3 is 1.12 bits per heavy atom. The molecule has 0 aliphatic carbocycles. The van der Waals surface area contributed by atoms with E-state index in [9.17, 15) is 17.6 Å². The predicted octanol–water partition coefficient (Wildman–Crippen LogP) is 8.16. The average Bonchev–Trinajstić information content (AvgIpc) is 2.78. The summed E-state index contributed by atoms with van der Waals surface area (Å²) < 4.78 is 85.6. The zero-order valence-corrected chi connectivity index (χ0v) is 16.2. The normalized spacial score (nSPS) is 11.4. The molecule has 6 heteroatoms. The summed E-state index contributed by atoms with van der Waals surface area (Å²) in [5.74, 6) is -6.02. The van der Waals surface area contributed by atoms with Crippen molar-refractivity contribution in [3.8, 4) is 22.3 Å². The van der Waals surface area contributed by atoms with E-state index in [-0.39, 0.29) is 33.0 Å². The monoisotopic (exact) mass is 438 g/mol. The van der Waals surface area contributed by atoms with Gasteiger partial charge in [-0.3, -0.25) is 0 Å². The summed E-state index contributed by atoms with van der Waals surface area (Å²) in [5.41, 5.74) is 0.619. The molecule has 0 spiro atoms. The molecule has 0 nitrogen and oxygen atoms in total. The number of fused-ring (bicyclic) bond motifs is 2. The fraction of sp³-hybridized carbons (Fsp3) is 0. The van der Waals surface area contributed by atoms with Crippen molar-refractivity contribution in [2.75, 3.05) is 0 Å². The first kappa shape index (κ1) is 20.1. The molecule has 0 bridgehead atoms. The van der Waals surface area contributed by atoms with Crippen molar-refractivity contribution in [2.45, 2.75) is 0 Å². The van der Waals surface area contributed by atoms with E-state index < -0.39 is 34.9 Å². The van der Waals surface area contributed by atoms with Crippen LogP contribution in [0, 0.1) is 34.9 Å². The topological polar surface area (TPSA) is 0 Å². The van der Waals surface area contributed by atoms with Crippen LogP contribution < -0.4 is 0 Å². The molecule has 5 aromatic rings. The number of halogens is 6. The third-order valence-electron chi connectivity index (χ3n) is 5.49. The van der Waals surface area contributed by atoms with Gasteiger partial charge in [-0.1, -0.05) is 36.4 Å². The average molecular weight is 438 g/mol. The van der Waals surface area contributed by atoms with Crippen LogP contribution in [0.1, 0.15) is 0 Å². The lowest BCUT2D eigenvalue weighted by Crippen LogP contribution is -1.97. The minimum atomic E-state index is -1.14. The zero-order chi connectivity index (χ0) is 22.6. The second-order valence-corrected chi connectivity index (χ2v) is 7.33. The van der Waals surface area contributed by atoms with E-state index in [0.29, 0.717) is 10.8 Å². The van der Waals surface area contributed by atoms with Crippen molar-refractivity contribution < 1.29 is 26.3 Å². The summed E-state index contributed by atoms with van der Waals surface area (Å²) in [4.78, 5) is 0. The first-order valence-corrected chi connectivity index (χ1v) is 9.60. The molecular weight excluding hydrogens is 426 g/mol. The van der Waals surface area contributed by atoms with Crippen LogP contribution in [0.4, 0.5) is 26.3 Å². The summed E-state index contributed by atoms with van der Waals surface area (Å²) in [6.07, 6.45) is 0. The fourth-order valence-electron chi connectivity index (χ4n) is 4.13. The molecular formula is C26H12F6. The molecule has 158 valence electrons. The molecule has 0 radical (unpaired) electrons. The summed E-state index contributed by atoms with van der Waals surface area (Å²) in [7, 11) is 0. The lowest BCUT2D eigenvalue weighted by Gasteiger charge is -2.18. The Hall–Kier alpha value is -3.80. The van der Waals surface area contributed by atoms with Gasteiger partial charge >= 0.3 is 0 Å². The molecule has 0 aliphatic heterocycles. The van der Waals surface area contributed by atoms with Gasteiger partial charge in [-0.05, 0) is 58.3 Å². The molecule has 0 amide bonds. The van der Waals surface area contributed by atoms with Crippen LogP contribution in [0.25, 0.3) is 43.8 Å². The van der Waals surface area contributed by atoms with Crippen LogP contribution in [-0.2, 0) is 0 Å². The first-order chi connectivity index (χ1) is 15.4. The van der Waals surface area contributed by atoms with E-state index in [1.54, 1.807) is 24.3 Å². The maximum Gasteiger partial charge on any atom is 0.159 e. The minimum Gasteiger partial charge on any atom is -0.206 e. The Morgan fingerprint density at radius 2 is 0.750 bits per heavy atom. The number of benzene rings is 5.